The number of nitrogens with zero attached hydrogens (tertiary/aromatic N) is 2. The number of aromatic nitrogens is 2. The van der Waals surface area contributed by atoms with Crippen LogP contribution in [0.25, 0.3) is 0 Å². The molecule has 0 aromatic carbocycles. The minimum Gasteiger partial charge on any atom is -0.337 e. The van der Waals surface area contributed by atoms with E-state index >= 15 is 0 Å². The molecule has 6 heteroatoms. The lowest BCUT2D eigenvalue weighted by molar-refractivity contribution is 0.310. The number of hydrogen-bond acceptors (Lipinski definition) is 6. The first-order valence-corrected chi connectivity index (χ1v) is 7.77. The van der Waals surface area contributed by atoms with Crippen molar-refractivity contribution in [1.82, 2.24) is 10.1 Å². The van der Waals surface area contributed by atoms with Crippen LogP contribution < -0.4 is 5.73 Å². The SMILES string of the molecule is CC1SCC(c2noc(C(C)(C)N)n2)SC1C. The van der Waals surface area contributed by atoms with Crippen molar-refractivity contribution in [2.24, 2.45) is 5.73 Å². The van der Waals surface area contributed by atoms with Crippen molar-refractivity contribution in [3.63, 3.8) is 0 Å². The van der Waals surface area contributed by atoms with Gasteiger partial charge in [0.2, 0.25) is 5.89 Å². The molecule has 0 radical (unpaired) electrons. The van der Waals surface area contributed by atoms with Crippen LogP contribution in [0.2, 0.25) is 0 Å². The molecule has 96 valence electrons. The van der Waals surface area contributed by atoms with E-state index in [4.69, 9.17) is 10.3 Å². The average Bonchev–Trinajstić information content (AvgIpc) is 2.70. The third-order valence-corrected chi connectivity index (χ3v) is 6.22. The van der Waals surface area contributed by atoms with Crippen LogP contribution in [-0.4, -0.2) is 26.4 Å². The largest absolute Gasteiger partial charge is 0.337 e. The molecule has 3 atom stereocenters. The van der Waals surface area contributed by atoms with E-state index in [1.54, 1.807) is 0 Å². The molecule has 1 aliphatic heterocycles. The van der Waals surface area contributed by atoms with Crippen LogP contribution in [-0.2, 0) is 5.54 Å². The van der Waals surface area contributed by atoms with Crippen LogP contribution in [0.5, 0.6) is 0 Å². The summed E-state index contributed by atoms with van der Waals surface area (Å²) in [6, 6.07) is 0. The van der Waals surface area contributed by atoms with Gasteiger partial charge in [0, 0.05) is 16.3 Å². The predicted octanol–water partition coefficient (Wildman–Crippen LogP) is 2.56. The van der Waals surface area contributed by atoms with Gasteiger partial charge in [0.05, 0.1) is 10.8 Å². The predicted molar refractivity (Wildman–Crippen MR) is 73.2 cm³/mol. The van der Waals surface area contributed by atoms with Crippen molar-refractivity contribution in [1.29, 1.82) is 0 Å². The lowest BCUT2D eigenvalue weighted by atomic mass is 10.1. The molecule has 0 saturated carbocycles. The van der Waals surface area contributed by atoms with Crippen molar-refractivity contribution >= 4 is 23.5 Å². The Labute approximate surface area is 110 Å². The standard InChI is InChI=1S/C11H19N3OS2/c1-6-7(2)17-8(5-16-6)9-13-10(15-14-9)11(3,4)12/h6-8H,5,12H2,1-4H3. The molecule has 1 saturated heterocycles. The maximum Gasteiger partial charge on any atom is 0.246 e. The van der Waals surface area contributed by atoms with Crippen LogP contribution in [0.4, 0.5) is 0 Å². The van der Waals surface area contributed by atoms with Crippen molar-refractivity contribution in [2.75, 3.05) is 5.75 Å². The van der Waals surface area contributed by atoms with E-state index in [2.05, 4.69) is 24.0 Å². The third kappa shape index (κ3) is 2.98. The fourth-order valence-corrected chi connectivity index (χ4v) is 4.38. The zero-order valence-electron chi connectivity index (χ0n) is 10.6. The monoisotopic (exact) mass is 273 g/mol. The number of thioether (sulfide) groups is 2. The van der Waals surface area contributed by atoms with Crippen molar-refractivity contribution in [3.05, 3.63) is 11.7 Å². The summed E-state index contributed by atoms with van der Waals surface area (Å²) in [6.07, 6.45) is 0. The van der Waals surface area contributed by atoms with Gasteiger partial charge in [-0.05, 0) is 13.8 Å². The molecule has 2 N–H and O–H groups in total. The molecular weight excluding hydrogens is 254 g/mol. The van der Waals surface area contributed by atoms with E-state index in [-0.39, 0.29) is 0 Å². The molecule has 1 aromatic heterocycles. The van der Waals surface area contributed by atoms with Gasteiger partial charge in [-0.2, -0.15) is 16.7 Å². The second-order valence-electron chi connectivity index (χ2n) is 5.05. The van der Waals surface area contributed by atoms with Crippen LogP contribution in [0.15, 0.2) is 4.52 Å². The molecule has 2 rings (SSSR count). The number of hydrogen-bond donors (Lipinski definition) is 1. The Bertz CT molecular complexity index is 388. The molecule has 2 heterocycles. The highest BCUT2D eigenvalue weighted by molar-refractivity contribution is 8.07. The summed E-state index contributed by atoms with van der Waals surface area (Å²) >= 11 is 3.90. The quantitative estimate of drug-likeness (QED) is 0.893. The van der Waals surface area contributed by atoms with Crippen LogP contribution >= 0.6 is 23.5 Å². The first-order valence-electron chi connectivity index (χ1n) is 5.78. The zero-order chi connectivity index (χ0) is 12.6. The second-order valence-corrected chi connectivity index (χ2v) is 8.04. The summed E-state index contributed by atoms with van der Waals surface area (Å²) in [5.74, 6) is 2.35. The molecule has 1 fully saturated rings. The first-order chi connectivity index (χ1) is 7.88. The van der Waals surface area contributed by atoms with Gasteiger partial charge >= 0.3 is 0 Å². The summed E-state index contributed by atoms with van der Waals surface area (Å²) in [5, 5.41) is 5.70. The second kappa shape index (κ2) is 4.82. The summed E-state index contributed by atoms with van der Waals surface area (Å²) < 4.78 is 5.24. The molecule has 1 aliphatic rings. The normalized spacial score (nSPS) is 30.5. The van der Waals surface area contributed by atoms with Crippen LogP contribution in [0.1, 0.15) is 44.7 Å². The Kier molecular flexibility index (Phi) is 3.75. The van der Waals surface area contributed by atoms with Crippen LogP contribution in [0.3, 0.4) is 0 Å². The molecule has 0 amide bonds. The molecule has 0 spiro atoms. The van der Waals surface area contributed by atoms with Gasteiger partial charge in [0.1, 0.15) is 0 Å². The van der Waals surface area contributed by atoms with E-state index in [0.717, 1.165) is 11.6 Å². The maximum absolute atomic E-state index is 5.94. The van der Waals surface area contributed by atoms with E-state index in [1.165, 1.54) is 0 Å². The van der Waals surface area contributed by atoms with E-state index < -0.39 is 5.54 Å². The number of nitrogens with two attached hydrogens (primary N) is 1. The first kappa shape index (κ1) is 13.2. The third-order valence-electron chi connectivity index (χ3n) is 2.83. The lowest BCUT2D eigenvalue weighted by Crippen LogP contribution is -2.29. The molecule has 3 unspecified atom stereocenters. The maximum atomic E-state index is 5.94. The van der Waals surface area contributed by atoms with Gasteiger partial charge in [-0.25, -0.2) is 0 Å². The molecule has 0 aliphatic carbocycles. The van der Waals surface area contributed by atoms with Gasteiger partial charge in [-0.1, -0.05) is 19.0 Å². The highest BCUT2D eigenvalue weighted by Crippen LogP contribution is 2.43. The van der Waals surface area contributed by atoms with Crippen molar-refractivity contribution in [3.8, 4) is 0 Å². The van der Waals surface area contributed by atoms with Gasteiger partial charge in [0.25, 0.3) is 0 Å². The van der Waals surface area contributed by atoms with Crippen LogP contribution in [0, 0.1) is 0 Å². The Morgan fingerprint density at radius 3 is 2.59 bits per heavy atom. The fourth-order valence-electron chi connectivity index (χ4n) is 1.55. The lowest BCUT2D eigenvalue weighted by Gasteiger charge is -2.29. The summed E-state index contributed by atoms with van der Waals surface area (Å²) in [7, 11) is 0. The Morgan fingerprint density at radius 2 is 2.06 bits per heavy atom. The molecule has 4 nitrogen and oxygen atoms in total. The number of rotatable bonds is 2. The minimum atomic E-state index is -0.559. The van der Waals surface area contributed by atoms with E-state index in [1.807, 2.05) is 37.4 Å². The van der Waals surface area contributed by atoms with Gasteiger partial charge in [-0.3, -0.25) is 0 Å². The summed E-state index contributed by atoms with van der Waals surface area (Å²) in [5.41, 5.74) is 5.38. The molecule has 0 bridgehead atoms. The molecular formula is C11H19N3OS2. The smallest absolute Gasteiger partial charge is 0.246 e. The summed E-state index contributed by atoms with van der Waals surface area (Å²) in [4.78, 5) is 4.43. The van der Waals surface area contributed by atoms with Gasteiger partial charge in [0.15, 0.2) is 5.82 Å². The highest BCUT2D eigenvalue weighted by Gasteiger charge is 2.31. The van der Waals surface area contributed by atoms with Crippen molar-refractivity contribution < 1.29 is 4.52 Å². The average molecular weight is 273 g/mol. The molecule has 17 heavy (non-hydrogen) atoms. The molecule has 1 aromatic rings. The Morgan fingerprint density at radius 1 is 1.35 bits per heavy atom. The fraction of sp³-hybridized carbons (Fsp3) is 0.818. The van der Waals surface area contributed by atoms with E-state index in [9.17, 15) is 0 Å². The van der Waals surface area contributed by atoms with Gasteiger partial charge < -0.3 is 10.3 Å². The zero-order valence-corrected chi connectivity index (χ0v) is 12.3. The summed E-state index contributed by atoms with van der Waals surface area (Å²) in [6.45, 7) is 8.26. The topological polar surface area (TPSA) is 64.9 Å². The Hall–Kier alpha value is -0.200. The van der Waals surface area contributed by atoms with Crippen molar-refractivity contribution in [2.45, 2.75) is 49.0 Å². The van der Waals surface area contributed by atoms with E-state index in [0.29, 0.717) is 21.6 Å². The highest BCUT2D eigenvalue weighted by atomic mass is 32.2. The van der Waals surface area contributed by atoms with Gasteiger partial charge in [-0.15, -0.1) is 11.8 Å². The Balaban J connectivity index is 2.11. The minimum absolute atomic E-state index is 0.325.